The summed E-state index contributed by atoms with van der Waals surface area (Å²) in [6.45, 7) is 5.59. The van der Waals surface area contributed by atoms with Crippen LogP contribution in [0.15, 0.2) is 36.4 Å². The molecule has 2 heterocycles. The molecule has 0 radical (unpaired) electrons. The molecule has 3 rings (SSSR count). The van der Waals surface area contributed by atoms with E-state index in [0.717, 1.165) is 31.0 Å². The fourth-order valence-corrected chi connectivity index (χ4v) is 3.06. The lowest BCUT2D eigenvalue weighted by molar-refractivity contribution is 0.569. The second-order valence-corrected chi connectivity index (χ2v) is 5.95. The van der Waals surface area contributed by atoms with Crippen LogP contribution in [-0.2, 0) is 0 Å². The SMILES string of the molecule is CCCCN(CC1CCCN1)c1ccc2ccccc2n1. The minimum Gasteiger partial charge on any atom is -0.355 e. The van der Waals surface area contributed by atoms with Crippen LogP contribution in [0.4, 0.5) is 5.82 Å². The molecule has 1 aromatic carbocycles. The number of unbranched alkanes of at least 4 members (excludes halogenated alkanes) is 1. The molecule has 1 aliphatic rings. The number of para-hydroxylation sites is 1. The fraction of sp³-hybridized carbons (Fsp3) is 0.500. The summed E-state index contributed by atoms with van der Waals surface area (Å²) in [4.78, 5) is 7.33. The highest BCUT2D eigenvalue weighted by molar-refractivity contribution is 5.80. The van der Waals surface area contributed by atoms with E-state index >= 15 is 0 Å². The molecule has 0 aliphatic carbocycles. The molecule has 0 spiro atoms. The van der Waals surface area contributed by atoms with Crippen molar-refractivity contribution >= 4 is 16.7 Å². The number of hydrogen-bond donors (Lipinski definition) is 1. The van der Waals surface area contributed by atoms with Gasteiger partial charge in [-0.15, -0.1) is 0 Å². The molecule has 1 unspecified atom stereocenters. The molecule has 1 aliphatic heterocycles. The van der Waals surface area contributed by atoms with Crippen molar-refractivity contribution in [3.05, 3.63) is 36.4 Å². The Balaban J connectivity index is 1.81. The zero-order valence-electron chi connectivity index (χ0n) is 12.9. The Morgan fingerprint density at radius 1 is 1.24 bits per heavy atom. The summed E-state index contributed by atoms with van der Waals surface area (Å²) < 4.78 is 0. The van der Waals surface area contributed by atoms with Crippen LogP contribution in [0.2, 0.25) is 0 Å². The van der Waals surface area contributed by atoms with Crippen molar-refractivity contribution in [1.29, 1.82) is 0 Å². The third-order valence-corrected chi connectivity index (χ3v) is 4.29. The van der Waals surface area contributed by atoms with E-state index in [4.69, 9.17) is 4.98 Å². The predicted octanol–water partition coefficient (Wildman–Crippen LogP) is 3.59. The van der Waals surface area contributed by atoms with Crippen molar-refractivity contribution < 1.29 is 0 Å². The van der Waals surface area contributed by atoms with Crippen LogP contribution in [0.3, 0.4) is 0 Å². The van der Waals surface area contributed by atoms with E-state index in [0.29, 0.717) is 6.04 Å². The van der Waals surface area contributed by atoms with Crippen LogP contribution < -0.4 is 10.2 Å². The van der Waals surface area contributed by atoms with Crippen LogP contribution in [0, 0.1) is 0 Å². The number of pyridine rings is 1. The van der Waals surface area contributed by atoms with Gasteiger partial charge in [-0.1, -0.05) is 31.5 Å². The third kappa shape index (κ3) is 3.53. The number of fused-ring (bicyclic) bond motifs is 1. The molecule has 1 fully saturated rings. The van der Waals surface area contributed by atoms with E-state index in [1.165, 1.54) is 31.1 Å². The molecule has 1 N–H and O–H groups in total. The summed E-state index contributed by atoms with van der Waals surface area (Å²) in [6, 6.07) is 13.3. The molecule has 1 atom stereocenters. The molecule has 2 aromatic rings. The van der Waals surface area contributed by atoms with Crippen molar-refractivity contribution in [2.75, 3.05) is 24.5 Å². The molecule has 0 saturated carbocycles. The van der Waals surface area contributed by atoms with Gasteiger partial charge in [-0.25, -0.2) is 4.98 Å². The Morgan fingerprint density at radius 2 is 2.14 bits per heavy atom. The van der Waals surface area contributed by atoms with Gasteiger partial charge in [-0.05, 0) is 44.0 Å². The quantitative estimate of drug-likeness (QED) is 0.878. The van der Waals surface area contributed by atoms with Gasteiger partial charge in [-0.2, -0.15) is 0 Å². The highest BCUT2D eigenvalue weighted by Crippen LogP contribution is 2.20. The summed E-state index contributed by atoms with van der Waals surface area (Å²) >= 11 is 0. The lowest BCUT2D eigenvalue weighted by atomic mass is 10.2. The molecule has 0 amide bonds. The molecule has 21 heavy (non-hydrogen) atoms. The maximum absolute atomic E-state index is 4.87. The van der Waals surface area contributed by atoms with Crippen LogP contribution in [0.1, 0.15) is 32.6 Å². The average Bonchev–Trinajstić information content (AvgIpc) is 3.04. The second-order valence-electron chi connectivity index (χ2n) is 5.95. The van der Waals surface area contributed by atoms with Crippen LogP contribution in [-0.4, -0.2) is 30.7 Å². The summed E-state index contributed by atoms with van der Waals surface area (Å²) in [5.41, 5.74) is 1.09. The average molecular weight is 283 g/mol. The van der Waals surface area contributed by atoms with Crippen molar-refractivity contribution in [3.8, 4) is 0 Å². The minimum atomic E-state index is 0.620. The van der Waals surface area contributed by atoms with Gasteiger partial charge in [0.05, 0.1) is 5.52 Å². The Kier molecular flexibility index (Phi) is 4.71. The van der Waals surface area contributed by atoms with E-state index in [2.05, 4.69) is 53.5 Å². The smallest absolute Gasteiger partial charge is 0.129 e. The zero-order valence-corrected chi connectivity index (χ0v) is 12.9. The van der Waals surface area contributed by atoms with Gasteiger partial charge in [0.25, 0.3) is 0 Å². The van der Waals surface area contributed by atoms with Gasteiger partial charge < -0.3 is 10.2 Å². The van der Waals surface area contributed by atoms with Gasteiger partial charge in [0, 0.05) is 24.5 Å². The maximum Gasteiger partial charge on any atom is 0.129 e. The Hall–Kier alpha value is -1.61. The van der Waals surface area contributed by atoms with Crippen LogP contribution >= 0.6 is 0 Å². The molecule has 112 valence electrons. The molecule has 0 bridgehead atoms. The molecule has 3 nitrogen and oxygen atoms in total. The van der Waals surface area contributed by atoms with Crippen molar-refractivity contribution in [2.24, 2.45) is 0 Å². The first-order valence-electron chi connectivity index (χ1n) is 8.21. The van der Waals surface area contributed by atoms with Gasteiger partial charge in [0.15, 0.2) is 0 Å². The lowest BCUT2D eigenvalue weighted by Crippen LogP contribution is -2.38. The van der Waals surface area contributed by atoms with Crippen molar-refractivity contribution in [3.63, 3.8) is 0 Å². The molecule has 1 aromatic heterocycles. The van der Waals surface area contributed by atoms with Gasteiger partial charge >= 0.3 is 0 Å². The summed E-state index contributed by atoms with van der Waals surface area (Å²) in [5.74, 6) is 1.12. The number of anilines is 1. The molecule has 3 heteroatoms. The first-order valence-corrected chi connectivity index (χ1v) is 8.21. The second kappa shape index (κ2) is 6.90. The van der Waals surface area contributed by atoms with E-state index < -0.39 is 0 Å². The van der Waals surface area contributed by atoms with E-state index in [9.17, 15) is 0 Å². The predicted molar refractivity (Wildman–Crippen MR) is 89.9 cm³/mol. The number of nitrogens with zero attached hydrogens (tertiary/aromatic N) is 2. The zero-order chi connectivity index (χ0) is 14.5. The van der Waals surface area contributed by atoms with E-state index in [1.54, 1.807) is 0 Å². The summed E-state index contributed by atoms with van der Waals surface area (Å²) in [5, 5.41) is 4.82. The Labute approximate surface area is 127 Å². The summed E-state index contributed by atoms with van der Waals surface area (Å²) in [7, 11) is 0. The minimum absolute atomic E-state index is 0.620. The van der Waals surface area contributed by atoms with Crippen molar-refractivity contribution in [1.82, 2.24) is 10.3 Å². The van der Waals surface area contributed by atoms with Gasteiger partial charge in [0.1, 0.15) is 5.82 Å². The highest BCUT2D eigenvalue weighted by Gasteiger charge is 2.18. The van der Waals surface area contributed by atoms with Gasteiger partial charge in [-0.3, -0.25) is 0 Å². The molecule has 1 saturated heterocycles. The number of nitrogens with one attached hydrogen (secondary N) is 1. The number of rotatable bonds is 6. The van der Waals surface area contributed by atoms with Crippen molar-refractivity contribution in [2.45, 2.75) is 38.6 Å². The standard InChI is InChI=1S/C18H25N3/c1-2-3-13-21(14-16-8-6-12-19-16)18-11-10-15-7-4-5-9-17(15)20-18/h4-5,7,9-11,16,19H,2-3,6,8,12-14H2,1H3. The van der Waals surface area contributed by atoms with Gasteiger partial charge in [0.2, 0.25) is 0 Å². The number of aromatic nitrogens is 1. The topological polar surface area (TPSA) is 28.2 Å². The van der Waals surface area contributed by atoms with Crippen LogP contribution in [0.5, 0.6) is 0 Å². The van der Waals surface area contributed by atoms with E-state index in [1.807, 2.05) is 0 Å². The largest absolute Gasteiger partial charge is 0.355 e. The summed E-state index contributed by atoms with van der Waals surface area (Å²) in [6.07, 6.45) is 5.04. The first-order chi connectivity index (χ1) is 10.4. The molecular weight excluding hydrogens is 258 g/mol. The monoisotopic (exact) mass is 283 g/mol. The Morgan fingerprint density at radius 3 is 2.95 bits per heavy atom. The highest BCUT2D eigenvalue weighted by atomic mass is 15.2. The normalized spacial score (nSPS) is 18.2. The number of benzene rings is 1. The third-order valence-electron chi connectivity index (χ3n) is 4.29. The number of hydrogen-bond acceptors (Lipinski definition) is 3. The first kappa shape index (κ1) is 14.3. The molecular formula is C18H25N3. The Bertz CT molecular complexity index is 575. The van der Waals surface area contributed by atoms with E-state index in [-0.39, 0.29) is 0 Å². The fourth-order valence-electron chi connectivity index (χ4n) is 3.06. The lowest BCUT2D eigenvalue weighted by Gasteiger charge is -2.27. The van der Waals surface area contributed by atoms with Crippen LogP contribution in [0.25, 0.3) is 10.9 Å². The maximum atomic E-state index is 4.87.